The lowest BCUT2D eigenvalue weighted by Gasteiger charge is -2.32. The first-order valence-electron chi connectivity index (χ1n) is 6.02. The summed E-state index contributed by atoms with van der Waals surface area (Å²) in [6, 6.07) is 0. The Bertz CT molecular complexity index is 432. The molecule has 17 heavy (non-hydrogen) atoms. The summed E-state index contributed by atoms with van der Waals surface area (Å²) in [7, 11) is 0. The topological polar surface area (TPSA) is 29.3 Å². The van der Waals surface area contributed by atoms with Gasteiger partial charge in [0.2, 0.25) is 0 Å². The molecule has 1 aromatic rings. The van der Waals surface area contributed by atoms with Gasteiger partial charge in [-0.2, -0.15) is 0 Å². The number of alkyl halides is 2. The molecule has 1 aliphatic carbocycles. The fourth-order valence-corrected chi connectivity index (χ4v) is 2.88. The third kappa shape index (κ3) is 1.76. The Morgan fingerprint density at radius 2 is 2.29 bits per heavy atom. The van der Waals surface area contributed by atoms with E-state index < -0.39 is 11.3 Å². The third-order valence-electron chi connectivity index (χ3n) is 4.09. The zero-order valence-corrected chi connectivity index (χ0v) is 9.88. The van der Waals surface area contributed by atoms with Gasteiger partial charge in [-0.1, -0.05) is 0 Å². The van der Waals surface area contributed by atoms with Gasteiger partial charge in [0.25, 0.3) is 5.92 Å². The van der Waals surface area contributed by atoms with Gasteiger partial charge in [-0.25, -0.2) is 13.8 Å². The highest BCUT2D eigenvalue weighted by molar-refractivity contribution is 5.14. The van der Waals surface area contributed by atoms with Crippen LogP contribution in [0.25, 0.3) is 0 Å². The van der Waals surface area contributed by atoms with E-state index in [1.54, 1.807) is 0 Å². The van der Waals surface area contributed by atoms with Crippen LogP contribution in [0.15, 0.2) is 10.8 Å². The zero-order valence-electron chi connectivity index (χ0n) is 9.88. The molecule has 3 nitrogen and oxygen atoms in total. The predicted octanol–water partition coefficient (Wildman–Crippen LogP) is 2.60. The van der Waals surface area contributed by atoms with E-state index in [0.717, 1.165) is 24.4 Å². The largest absolute Gasteiger partial charge is 0.448 e. The molecule has 1 atom stereocenters. The van der Waals surface area contributed by atoms with Crippen LogP contribution in [0.4, 0.5) is 8.78 Å². The van der Waals surface area contributed by atoms with Crippen LogP contribution in [0.3, 0.4) is 0 Å². The van der Waals surface area contributed by atoms with Crippen molar-refractivity contribution in [2.45, 2.75) is 38.7 Å². The average molecular weight is 242 g/mol. The smallest absolute Gasteiger partial charge is 0.255 e. The monoisotopic (exact) mass is 242 g/mol. The van der Waals surface area contributed by atoms with Gasteiger partial charge in [-0.3, -0.25) is 4.90 Å². The van der Waals surface area contributed by atoms with Crippen LogP contribution in [0.1, 0.15) is 30.7 Å². The van der Waals surface area contributed by atoms with E-state index in [1.165, 1.54) is 6.39 Å². The summed E-state index contributed by atoms with van der Waals surface area (Å²) in [5.41, 5.74) is 0.133. The predicted molar refractivity (Wildman–Crippen MR) is 57.7 cm³/mol. The minimum atomic E-state index is -2.44. The highest BCUT2D eigenvalue weighted by atomic mass is 19.3. The molecule has 1 spiro atoms. The van der Waals surface area contributed by atoms with Crippen molar-refractivity contribution in [1.29, 1.82) is 0 Å². The maximum atomic E-state index is 13.3. The number of nitrogens with zero attached hydrogens (tertiary/aromatic N) is 2. The van der Waals surface area contributed by atoms with E-state index in [4.69, 9.17) is 4.42 Å². The molecule has 1 unspecified atom stereocenters. The van der Waals surface area contributed by atoms with E-state index in [0.29, 0.717) is 19.5 Å². The molecule has 1 saturated heterocycles. The van der Waals surface area contributed by atoms with Gasteiger partial charge in [0.05, 0.1) is 11.1 Å². The van der Waals surface area contributed by atoms with Crippen molar-refractivity contribution >= 4 is 0 Å². The molecule has 1 saturated carbocycles. The number of aryl methyl sites for hydroxylation is 1. The van der Waals surface area contributed by atoms with Crippen LogP contribution < -0.4 is 0 Å². The Labute approximate surface area is 98.8 Å². The maximum Gasteiger partial charge on any atom is 0.255 e. The molecule has 2 heterocycles. The number of oxazole rings is 1. The van der Waals surface area contributed by atoms with Crippen LogP contribution in [-0.2, 0) is 6.54 Å². The van der Waals surface area contributed by atoms with E-state index in [-0.39, 0.29) is 6.42 Å². The number of hydrogen-bond donors (Lipinski definition) is 0. The molecule has 1 aromatic heterocycles. The van der Waals surface area contributed by atoms with Crippen molar-refractivity contribution in [2.24, 2.45) is 5.41 Å². The summed E-state index contributed by atoms with van der Waals surface area (Å²) in [6.45, 7) is 3.85. The van der Waals surface area contributed by atoms with E-state index in [2.05, 4.69) is 9.88 Å². The average Bonchev–Trinajstić information content (AvgIpc) is 2.57. The third-order valence-corrected chi connectivity index (χ3v) is 4.09. The zero-order chi connectivity index (χ0) is 12.1. The molecule has 0 radical (unpaired) electrons. The summed E-state index contributed by atoms with van der Waals surface area (Å²) in [5, 5.41) is 0. The van der Waals surface area contributed by atoms with Crippen LogP contribution >= 0.6 is 0 Å². The first-order chi connectivity index (χ1) is 8.02. The summed E-state index contributed by atoms with van der Waals surface area (Å²) < 4.78 is 31.8. The fraction of sp³-hybridized carbons (Fsp3) is 0.750. The Hall–Kier alpha value is -0.970. The summed E-state index contributed by atoms with van der Waals surface area (Å²) in [6.07, 6.45) is 2.99. The lowest BCUT2D eigenvalue weighted by atomic mass is 9.94. The molecule has 5 heteroatoms. The number of halogens is 2. The summed E-state index contributed by atoms with van der Waals surface area (Å²) in [5.74, 6) is -1.66. The van der Waals surface area contributed by atoms with Crippen LogP contribution in [-0.4, -0.2) is 28.9 Å². The number of rotatable bonds is 2. The Balaban J connectivity index is 1.68. The SMILES string of the molecule is Cc1ocnc1CN1CCCC2(C1)CC2(F)F. The molecular formula is C12H16F2N2O. The van der Waals surface area contributed by atoms with Gasteiger partial charge in [0, 0.05) is 19.5 Å². The standard InChI is InChI=1S/C12H16F2N2O/c1-9-10(15-8-17-9)5-16-4-2-3-11(7-16)6-12(11,13)14/h8H,2-7H2,1H3. The van der Waals surface area contributed by atoms with Crippen molar-refractivity contribution in [3.8, 4) is 0 Å². The molecule has 1 aliphatic heterocycles. The molecule has 3 rings (SSSR count). The minimum Gasteiger partial charge on any atom is -0.448 e. The first-order valence-corrected chi connectivity index (χ1v) is 6.02. The van der Waals surface area contributed by atoms with Crippen LogP contribution in [0, 0.1) is 12.3 Å². The highest BCUT2D eigenvalue weighted by Crippen LogP contribution is 2.64. The number of likely N-dealkylation sites (tertiary alicyclic amines) is 1. The fourth-order valence-electron chi connectivity index (χ4n) is 2.88. The maximum absolute atomic E-state index is 13.3. The lowest BCUT2D eigenvalue weighted by Crippen LogP contribution is -2.38. The number of aromatic nitrogens is 1. The van der Waals surface area contributed by atoms with E-state index in [1.807, 2.05) is 6.92 Å². The van der Waals surface area contributed by atoms with Crippen molar-refractivity contribution in [3.63, 3.8) is 0 Å². The minimum absolute atomic E-state index is 0.0638. The second-order valence-electron chi connectivity index (χ2n) is 5.33. The van der Waals surface area contributed by atoms with Gasteiger partial charge in [-0.05, 0) is 26.3 Å². The molecule has 2 fully saturated rings. The normalized spacial score (nSPS) is 31.9. The quantitative estimate of drug-likeness (QED) is 0.798. The van der Waals surface area contributed by atoms with Crippen molar-refractivity contribution in [1.82, 2.24) is 9.88 Å². The summed E-state index contributed by atoms with van der Waals surface area (Å²) >= 11 is 0. The second kappa shape index (κ2) is 3.51. The number of piperidine rings is 1. The molecule has 94 valence electrons. The van der Waals surface area contributed by atoms with E-state index in [9.17, 15) is 8.78 Å². The number of hydrogen-bond acceptors (Lipinski definition) is 3. The first kappa shape index (κ1) is 11.1. The van der Waals surface area contributed by atoms with Crippen molar-refractivity contribution in [3.05, 3.63) is 17.8 Å². The Kier molecular flexibility index (Phi) is 2.30. The molecule has 0 aromatic carbocycles. The molecular weight excluding hydrogens is 226 g/mol. The van der Waals surface area contributed by atoms with Gasteiger partial charge in [0.1, 0.15) is 5.76 Å². The van der Waals surface area contributed by atoms with Crippen molar-refractivity contribution < 1.29 is 13.2 Å². The Morgan fingerprint density at radius 1 is 1.53 bits per heavy atom. The van der Waals surface area contributed by atoms with Gasteiger partial charge in [-0.15, -0.1) is 0 Å². The van der Waals surface area contributed by atoms with Gasteiger partial charge < -0.3 is 4.42 Å². The van der Waals surface area contributed by atoms with Crippen molar-refractivity contribution in [2.75, 3.05) is 13.1 Å². The Morgan fingerprint density at radius 3 is 2.88 bits per heavy atom. The van der Waals surface area contributed by atoms with E-state index >= 15 is 0 Å². The summed E-state index contributed by atoms with van der Waals surface area (Å²) in [4.78, 5) is 6.20. The molecule has 0 amide bonds. The van der Waals surface area contributed by atoms with Gasteiger partial charge in [0.15, 0.2) is 6.39 Å². The molecule has 2 aliphatic rings. The van der Waals surface area contributed by atoms with Crippen LogP contribution in [0.5, 0.6) is 0 Å². The lowest BCUT2D eigenvalue weighted by molar-refractivity contribution is 0.0224. The molecule has 0 N–H and O–H groups in total. The van der Waals surface area contributed by atoms with Gasteiger partial charge >= 0.3 is 0 Å². The van der Waals surface area contributed by atoms with Crippen LogP contribution in [0.2, 0.25) is 0 Å². The molecule has 0 bridgehead atoms. The highest BCUT2D eigenvalue weighted by Gasteiger charge is 2.71. The second-order valence-corrected chi connectivity index (χ2v) is 5.33.